The minimum absolute atomic E-state index is 0.0325. The number of phosphoric ester groups is 1. The van der Waals surface area contributed by atoms with E-state index >= 15 is 0 Å². The van der Waals surface area contributed by atoms with Crippen LogP contribution >= 0.6 is 7.82 Å². The Morgan fingerprint density at radius 2 is 0.648 bits per heavy atom. The summed E-state index contributed by atoms with van der Waals surface area (Å²) in [6, 6.07) is 0. The third-order valence-electron chi connectivity index (χ3n) is 15.8. The normalized spacial score (nSPS) is 13.8. The number of carbonyl (C=O) groups excluding carboxylic acids is 2. The molecule has 0 N–H and O–H groups in total. The van der Waals surface area contributed by atoms with Crippen molar-refractivity contribution in [2.45, 2.75) is 328 Å². The van der Waals surface area contributed by atoms with Crippen molar-refractivity contribution >= 4 is 19.8 Å². The van der Waals surface area contributed by atoms with E-state index in [1.807, 2.05) is 21.1 Å². The van der Waals surface area contributed by atoms with Crippen molar-refractivity contribution in [3.8, 4) is 0 Å². The zero-order valence-electron chi connectivity index (χ0n) is 57.9. The zero-order chi connectivity index (χ0) is 64.1. The topological polar surface area (TPSA) is 111 Å². The number of hydrogen-bond donors (Lipinski definition) is 0. The van der Waals surface area contributed by atoms with Crippen LogP contribution in [0, 0.1) is 0 Å². The van der Waals surface area contributed by atoms with Gasteiger partial charge < -0.3 is 27.9 Å². The summed E-state index contributed by atoms with van der Waals surface area (Å²) in [6.45, 7) is 4.17. The second kappa shape index (κ2) is 68.0. The van der Waals surface area contributed by atoms with E-state index in [4.69, 9.17) is 18.5 Å². The molecule has 0 fully saturated rings. The number of rotatable bonds is 67. The fourth-order valence-corrected chi connectivity index (χ4v) is 11.0. The molecule has 0 aliphatic carbocycles. The predicted molar refractivity (Wildman–Crippen MR) is 378 cm³/mol. The Bertz CT molecular complexity index is 1850. The first-order valence-corrected chi connectivity index (χ1v) is 38.1. The molecule has 0 saturated carbocycles. The van der Waals surface area contributed by atoms with Crippen molar-refractivity contribution in [2.24, 2.45) is 0 Å². The molecular weight excluding hydrogens is 1110 g/mol. The summed E-state index contributed by atoms with van der Waals surface area (Å²) in [5.74, 6) is -0.824. The van der Waals surface area contributed by atoms with Crippen LogP contribution in [0.3, 0.4) is 0 Å². The molecule has 0 aromatic rings. The summed E-state index contributed by atoms with van der Waals surface area (Å²) in [7, 11) is 1.17. The van der Waals surface area contributed by atoms with E-state index in [1.165, 1.54) is 193 Å². The molecule has 0 heterocycles. The van der Waals surface area contributed by atoms with Crippen molar-refractivity contribution in [3.63, 3.8) is 0 Å². The lowest BCUT2D eigenvalue weighted by molar-refractivity contribution is -0.870. The molecule has 0 aliphatic rings. The second-order valence-electron chi connectivity index (χ2n) is 25.6. The predicted octanol–water partition coefficient (Wildman–Crippen LogP) is 23.4. The summed E-state index contributed by atoms with van der Waals surface area (Å²) in [5, 5.41) is 0. The lowest BCUT2D eigenvalue weighted by Crippen LogP contribution is -2.37. The minimum atomic E-state index is -4.65. The maximum absolute atomic E-state index is 12.9. The van der Waals surface area contributed by atoms with Crippen LogP contribution in [0.4, 0.5) is 0 Å². The van der Waals surface area contributed by atoms with Gasteiger partial charge in [0.05, 0.1) is 27.7 Å². The van der Waals surface area contributed by atoms with E-state index < -0.39 is 26.5 Å². The van der Waals surface area contributed by atoms with Crippen LogP contribution in [-0.4, -0.2) is 70.0 Å². The number of unbranched alkanes of at least 4 members (excludes halogenated alkanes) is 35. The van der Waals surface area contributed by atoms with E-state index in [0.717, 1.165) is 96.3 Å². The summed E-state index contributed by atoms with van der Waals surface area (Å²) in [4.78, 5) is 38.1. The molecule has 0 aliphatic heterocycles. The van der Waals surface area contributed by atoms with Crippen LogP contribution in [-0.2, 0) is 32.7 Å². The molecule has 0 aromatic carbocycles. The number of nitrogens with zero attached hydrogens (tertiary/aromatic N) is 1. The van der Waals surface area contributed by atoms with E-state index in [-0.39, 0.29) is 32.0 Å². The standard InChI is InChI=1S/C78H138NO8P/c1-6-8-10-12-14-16-18-20-22-24-26-28-30-31-32-33-34-35-36-37-38-39-40-41-42-43-44-45-46-47-49-51-53-55-57-59-61-63-65-67-69-71-78(81)87-76(75-86-88(82,83)85-73-72-79(3,4)5)74-84-77(80)70-68-66-64-62-60-58-56-54-52-50-48-29-27-25-23-21-19-17-15-13-11-9-7-2/h8,10,14,16,20,22,26,28,31-32,34-35,37-38,40-41,43-44,76H,6-7,9,11-13,15,17-19,21,23-25,27,29-30,33,36,39,42,45-75H2,1-5H3/b10-8-,16-14-,22-20-,28-26-,32-31-,35-34-,38-37-,41-40-,44-43-. The van der Waals surface area contributed by atoms with Crippen LogP contribution in [0.15, 0.2) is 109 Å². The van der Waals surface area contributed by atoms with E-state index in [1.54, 1.807) is 0 Å². The van der Waals surface area contributed by atoms with Gasteiger partial charge in [0, 0.05) is 12.8 Å². The number of quaternary nitrogens is 1. The average molecular weight is 1250 g/mol. The molecular formula is C78H138NO8P. The van der Waals surface area contributed by atoms with Gasteiger partial charge in [-0.2, -0.15) is 0 Å². The van der Waals surface area contributed by atoms with Gasteiger partial charge >= 0.3 is 11.9 Å². The first-order chi connectivity index (χ1) is 43.0. The second-order valence-corrected chi connectivity index (χ2v) is 27.0. The summed E-state index contributed by atoms with van der Waals surface area (Å²) < 4.78 is 34.3. The van der Waals surface area contributed by atoms with Crippen LogP contribution in [0.2, 0.25) is 0 Å². The SMILES string of the molecule is CC/C=C\C/C=C\C/C=C\C/C=C\C/C=C\C/C=C\C/C=C\C/C=C\C/C=C\CCCCCCCCCCCCCCCC(=O)OC(COC(=O)CCCCCCCCCCCCCCCCCCCCCCCCC)COP(=O)([O-])OCC[N+](C)(C)C. The Labute approximate surface area is 544 Å². The Morgan fingerprint density at radius 3 is 0.966 bits per heavy atom. The van der Waals surface area contributed by atoms with Crippen molar-refractivity contribution < 1.29 is 42.1 Å². The first kappa shape index (κ1) is 84.7. The van der Waals surface area contributed by atoms with E-state index in [0.29, 0.717) is 17.4 Å². The molecule has 508 valence electrons. The Hall–Kier alpha value is -3.33. The number of esters is 2. The van der Waals surface area contributed by atoms with Gasteiger partial charge in [0.2, 0.25) is 0 Å². The van der Waals surface area contributed by atoms with Crippen LogP contribution in [0.1, 0.15) is 322 Å². The highest BCUT2D eigenvalue weighted by Crippen LogP contribution is 2.38. The van der Waals surface area contributed by atoms with Crippen LogP contribution < -0.4 is 4.89 Å². The quantitative estimate of drug-likeness (QED) is 0.0195. The smallest absolute Gasteiger partial charge is 0.306 e. The molecule has 88 heavy (non-hydrogen) atoms. The van der Waals surface area contributed by atoms with Gasteiger partial charge in [0.25, 0.3) is 7.82 Å². The monoisotopic (exact) mass is 1250 g/mol. The fourth-order valence-electron chi connectivity index (χ4n) is 10.2. The largest absolute Gasteiger partial charge is 0.756 e. The molecule has 0 spiro atoms. The molecule has 0 bridgehead atoms. The molecule has 0 aromatic heterocycles. The fraction of sp³-hybridized carbons (Fsp3) is 0.744. The van der Waals surface area contributed by atoms with Crippen molar-refractivity contribution in [2.75, 3.05) is 47.5 Å². The van der Waals surface area contributed by atoms with Crippen molar-refractivity contribution in [1.29, 1.82) is 0 Å². The molecule has 9 nitrogen and oxygen atoms in total. The highest BCUT2D eigenvalue weighted by Gasteiger charge is 2.22. The number of allylic oxidation sites excluding steroid dienone is 18. The van der Waals surface area contributed by atoms with Gasteiger partial charge in [0.1, 0.15) is 19.8 Å². The molecule has 0 radical (unpaired) electrons. The first-order valence-electron chi connectivity index (χ1n) is 36.6. The van der Waals surface area contributed by atoms with Crippen LogP contribution in [0.25, 0.3) is 0 Å². The van der Waals surface area contributed by atoms with Gasteiger partial charge in [-0.15, -0.1) is 0 Å². The summed E-state index contributed by atoms with van der Waals surface area (Å²) in [5.41, 5.74) is 0. The zero-order valence-corrected chi connectivity index (χ0v) is 58.8. The third kappa shape index (κ3) is 71.7. The van der Waals surface area contributed by atoms with Crippen LogP contribution in [0.5, 0.6) is 0 Å². The molecule has 2 atom stereocenters. The number of carbonyl (C=O) groups is 2. The molecule has 0 saturated heterocycles. The Morgan fingerprint density at radius 1 is 0.364 bits per heavy atom. The highest BCUT2D eigenvalue weighted by molar-refractivity contribution is 7.45. The number of hydrogen-bond acceptors (Lipinski definition) is 8. The third-order valence-corrected chi connectivity index (χ3v) is 16.8. The number of likely N-dealkylation sites (N-methyl/N-ethyl adjacent to an activating group) is 1. The van der Waals surface area contributed by atoms with E-state index in [2.05, 4.69) is 123 Å². The molecule has 0 amide bonds. The maximum Gasteiger partial charge on any atom is 0.306 e. The molecule has 2 unspecified atom stereocenters. The molecule has 0 rings (SSSR count). The van der Waals surface area contributed by atoms with Gasteiger partial charge in [-0.05, 0) is 83.5 Å². The summed E-state index contributed by atoms with van der Waals surface area (Å²) >= 11 is 0. The van der Waals surface area contributed by atoms with Crippen molar-refractivity contribution in [3.05, 3.63) is 109 Å². The average Bonchev–Trinajstić information content (AvgIpc) is 3.58. The van der Waals surface area contributed by atoms with E-state index in [9.17, 15) is 19.0 Å². The Balaban J connectivity index is 4.02. The minimum Gasteiger partial charge on any atom is -0.756 e. The molecule has 10 heteroatoms. The van der Waals surface area contributed by atoms with Crippen molar-refractivity contribution in [1.82, 2.24) is 0 Å². The lowest BCUT2D eigenvalue weighted by Gasteiger charge is -2.28. The van der Waals surface area contributed by atoms with Gasteiger partial charge in [-0.3, -0.25) is 14.2 Å². The van der Waals surface area contributed by atoms with Gasteiger partial charge in [-0.25, -0.2) is 0 Å². The lowest BCUT2D eigenvalue weighted by atomic mass is 10.0. The maximum atomic E-state index is 12.9. The van der Waals surface area contributed by atoms with Gasteiger partial charge in [0.15, 0.2) is 6.10 Å². The Kier molecular flexibility index (Phi) is 65.5. The summed E-state index contributed by atoms with van der Waals surface area (Å²) in [6.07, 6.45) is 96.0. The highest BCUT2D eigenvalue weighted by atomic mass is 31.2. The van der Waals surface area contributed by atoms with Gasteiger partial charge in [-0.1, -0.05) is 335 Å². The number of phosphoric acid groups is 1. The number of ether oxygens (including phenoxy) is 2.